The number of hydrogen-bond donors (Lipinski definition) is 1. The van der Waals surface area contributed by atoms with Crippen molar-refractivity contribution in [1.82, 2.24) is 5.32 Å². The number of nitrogens with one attached hydrogen (secondary N) is 1. The van der Waals surface area contributed by atoms with Gasteiger partial charge in [-0.1, -0.05) is 6.07 Å². The molecule has 5 heteroatoms. The van der Waals surface area contributed by atoms with E-state index >= 15 is 0 Å². The summed E-state index contributed by atoms with van der Waals surface area (Å²) in [4.78, 5) is 12.3. The van der Waals surface area contributed by atoms with E-state index in [1.165, 1.54) is 30.3 Å². The largest absolute Gasteiger partial charge is 0.451 e. The SMILES string of the molecule is Cc1ccc(F)cc1CNC(=O)c1oc2ccc(F)cc2c1C. The minimum absolute atomic E-state index is 0.139. The first-order chi connectivity index (χ1) is 11.0. The van der Waals surface area contributed by atoms with Crippen LogP contribution in [0.3, 0.4) is 0 Å². The van der Waals surface area contributed by atoms with Crippen molar-refractivity contribution in [3.63, 3.8) is 0 Å². The predicted molar refractivity (Wildman–Crippen MR) is 83.2 cm³/mol. The van der Waals surface area contributed by atoms with E-state index in [0.717, 1.165) is 5.56 Å². The van der Waals surface area contributed by atoms with Crippen LogP contribution in [0.4, 0.5) is 8.78 Å². The van der Waals surface area contributed by atoms with Crippen LogP contribution in [-0.2, 0) is 6.54 Å². The highest BCUT2D eigenvalue weighted by Crippen LogP contribution is 2.26. The van der Waals surface area contributed by atoms with Crippen LogP contribution >= 0.6 is 0 Å². The second kappa shape index (κ2) is 5.83. The summed E-state index contributed by atoms with van der Waals surface area (Å²) in [6, 6.07) is 8.52. The summed E-state index contributed by atoms with van der Waals surface area (Å²) in [6.07, 6.45) is 0. The van der Waals surface area contributed by atoms with Crippen molar-refractivity contribution in [2.45, 2.75) is 20.4 Å². The third-order valence-electron chi connectivity index (χ3n) is 3.86. The number of furan rings is 1. The van der Waals surface area contributed by atoms with Gasteiger partial charge in [0.25, 0.3) is 5.91 Å². The lowest BCUT2D eigenvalue weighted by atomic mass is 10.1. The van der Waals surface area contributed by atoms with E-state index in [2.05, 4.69) is 5.32 Å². The molecule has 0 spiro atoms. The minimum Gasteiger partial charge on any atom is -0.451 e. The predicted octanol–water partition coefficient (Wildman–Crippen LogP) is 4.26. The molecule has 0 aliphatic heterocycles. The Hall–Kier alpha value is -2.69. The fourth-order valence-corrected chi connectivity index (χ4v) is 2.50. The molecule has 23 heavy (non-hydrogen) atoms. The molecule has 0 atom stereocenters. The number of fused-ring (bicyclic) bond motifs is 1. The first-order valence-electron chi connectivity index (χ1n) is 7.17. The summed E-state index contributed by atoms with van der Waals surface area (Å²) in [7, 11) is 0. The van der Waals surface area contributed by atoms with Gasteiger partial charge in [0.15, 0.2) is 5.76 Å². The number of aryl methyl sites for hydroxylation is 2. The van der Waals surface area contributed by atoms with Gasteiger partial charge >= 0.3 is 0 Å². The summed E-state index contributed by atoms with van der Waals surface area (Å²) >= 11 is 0. The molecular formula is C18H15F2NO2. The van der Waals surface area contributed by atoms with Gasteiger partial charge < -0.3 is 9.73 Å². The lowest BCUT2D eigenvalue weighted by Gasteiger charge is -2.07. The molecule has 0 unspecified atom stereocenters. The average Bonchev–Trinajstić information content (AvgIpc) is 2.85. The zero-order valence-electron chi connectivity index (χ0n) is 12.7. The van der Waals surface area contributed by atoms with E-state index in [-0.39, 0.29) is 23.9 Å². The molecule has 1 heterocycles. The molecule has 0 saturated carbocycles. The normalized spacial score (nSPS) is 11.0. The molecule has 118 valence electrons. The third-order valence-corrected chi connectivity index (χ3v) is 3.86. The summed E-state index contributed by atoms with van der Waals surface area (Å²) in [5.41, 5.74) is 2.61. The summed E-state index contributed by atoms with van der Waals surface area (Å²) in [6.45, 7) is 3.73. The maximum absolute atomic E-state index is 13.3. The number of carbonyl (C=O) groups is 1. The van der Waals surface area contributed by atoms with Gasteiger partial charge in [-0.15, -0.1) is 0 Å². The first kappa shape index (κ1) is 15.2. The highest BCUT2D eigenvalue weighted by molar-refractivity contribution is 5.98. The van der Waals surface area contributed by atoms with Gasteiger partial charge in [-0.05, 0) is 55.3 Å². The zero-order chi connectivity index (χ0) is 16.6. The second-order valence-electron chi connectivity index (χ2n) is 5.45. The molecule has 3 rings (SSSR count). The summed E-state index contributed by atoms with van der Waals surface area (Å²) in [5.74, 6) is -1.01. The van der Waals surface area contributed by atoms with Crippen LogP contribution in [0.25, 0.3) is 11.0 Å². The van der Waals surface area contributed by atoms with Crippen LogP contribution < -0.4 is 5.32 Å². The lowest BCUT2D eigenvalue weighted by molar-refractivity contribution is 0.0924. The highest BCUT2D eigenvalue weighted by atomic mass is 19.1. The maximum atomic E-state index is 13.3. The van der Waals surface area contributed by atoms with Crippen LogP contribution in [0.1, 0.15) is 27.2 Å². The van der Waals surface area contributed by atoms with Crippen molar-refractivity contribution < 1.29 is 18.0 Å². The second-order valence-corrected chi connectivity index (χ2v) is 5.45. The molecule has 1 N–H and O–H groups in total. The molecule has 0 fully saturated rings. The molecule has 0 saturated heterocycles. The number of amides is 1. The molecule has 3 aromatic rings. The number of carbonyl (C=O) groups excluding carboxylic acids is 1. The standard InChI is InChI=1S/C18H15F2NO2/c1-10-3-4-13(19)7-12(10)9-21-18(22)17-11(2)15-8-14(20)5-6-16(15)23-17/h3-8H,9H2,1-2H3,(H,21,22). The van der Waals surface area contributed by atoms with Crippen molar-refractivity contribution in [1.29, 1.82) is 0 Å². The Morgan fingerprint density at radius 1 is 1.09 bits per heavy atom. The van der Waals surface area contributed by atoms with Gasteiger partial charge in [-0.2, -0.15) is 0 Å². The van der Waals surface area contributed by atoms with Crippen LogP contribution in [0, 0.1) is 25.5 Å². The minimum atomic E-state index is -0.414. The Morgan fingerprint density at radius 2 is 1.78 bits per heavy atom. The van der Waals surface area contributed by atoms with E-state index in [1.807, 2.05) is 6.92 Å². The van der Waals surface area contributed by atoms with Crippen molar-refractivity contribution >= 4 is 16.9 Å². The third kappa shape index (κ3) is 2.95. The molecule has 1 amide bonds. The lowest BCUT2D eigenvalue weighted by Crippen LogP contribution is -2.23. The fraction of sp³-hybridized carbons (Fsp3) is 0.167. The number of halogens is 2. The summed E-state index contributed by atoms with van der Waals surface area (Å²) in [5, 5.41) is 3.27. The molecule has 1 aromatic heterocycles. The molecule has 0 radical (unpaired) electrons. The van der Waals surface area contributed by atoms with E-state index in [1.54, 1.807) is 13.0 Å². The maximum Gasteiger partial charge on any atom is 0.287 e. The molecule has 2 aromatic carbocycles. The van der Waals surface area contributed by atoms with Crippen LogP contribution in [-0.4, -0.2) is 5.91 Å². The van der Waals surface area contributed by atoms with Crippen LogP contribution in [0.5, 0.6) is 0 Å². The smallest absolute Gasteiger partial charge is 0.287 e. The molecular weight excluding hydrogens is 300 g/mol. The topological polar surface area (TPSA) is 42.2 Å². The fourth-order valence-electron chi connectivity index (χ4n) is 2.50. The Labute approximate surface area is 131 Å². The highest BCUT2D eigenvalue weighted by Gasteiger charge is 2.18. The van der Waals surface area contributed by atoms with Gasteiger partial charge in [-0.3, -0.25) is 4.79 Å². The Bertz CT molecular complexity index is 899. The van der Waals surface area contributed by atoms with E-state index in [4.69, 9.17) is 4.42 Å². The van der Waals surface area contributed by atoms with Gasteiger partial charge in [0.1, 0.15) is 17.2 Å². The first-order valence-corrected chi connectivity index (χ1v) is 7.17. The van der Waals surface area contributed by atoms with Crippen molar-refractivity contribution in [2.24, 2.45) is 0 Å². The monoisotopic (exact) mass is 315 g/mol. The molecule has 0 aliphatic carbocycles. The Balaban J connectivity index is 1.83. The number of rotatable bonds is 3. The van der Waals surface area contributed by atoms with E-state index in [9.17, 15) is 13.6 Å². The van der Waals surface area contributed by atoms with Gasteiger partial charge in [0.05, 0.1) is 0 Å². The average molecular weight is 315 g/mol. The van der Waals surface area contributed by atoms with E-state index in [0.29, 0.717) is 22.1 Å². The van der Waals surface area contributed by atoms with Crippen molar-refractivity contribution in [3.05, 3.63) is 70.5 Å². The molecule has 3 nitrogen and oxygen atoms in total. The molecule has 0 bridgehead atoms. The van der Waals surface area contributed by atoms with Crippen LogP contribution in [0.15, 0.2) is 40.8 Å². The van der Waals surface area contributed by atoms with Crippen molar-refractivity contribution in [2.75, 3.05) is 0 Å². The number of benzene rings is 2. The zero-order valence-corrected chi connectivity index (χ0v) is 12.7. The van der Waals surface area contributed by atoms with Gasteiger partial charge in [-0.25, -0.2) is 8.78 Å². The Morgan fingerprint density at radius 3 is 2.57 bits per heavy atom. The number of hydrogen-bond acceptors (Lipinski definition) is 2. The summed E-state index contributed by atoms with van der Waals surface area (Å²) < 4.78 is 32.1. The van der Waals surface area contributed by atoms with E-state index < -0.39 is 5.91 Å². The molecule has 0 aliphatic rings. The van der Waals surface area contributed by atoms with Crippen LogP contribution in [0.2, 0.25) is 0 Å². The quantitative estimate of drug-likeness (QED) is 0.785. The van der Waals surface area contributed by atoms with Gasteiger partial charge in [0, 0.05) is 17.5 Å². The Kier molecular flexibility index (Phi) is 3.86. The van der Waals surface area contributed by atoms with Crippen molar-refractivity contribution in [3.8, 4) is 0 Å². The van der Waals surface area contributed by atoms with Gasteiger partial charge in [0.2, 0.25) is 0 Å².